The molecule has 0 spiro atoms. The zero-order valence-electron chi connectivity index (χ0n) is 85.7. The molecule has 18 heteroatoms. The Morgan fingerprint density at radius 2 is 0.435 bits per heavy atom. The number of hydrogen-bond donors (Lipinski definition) is 13. The van der Waals surface area contributed by atoms with Gasteiger partial charge in [0, 0.05) is 71.2 Å². The third-order valence-corrected chi connectivity index (χ3v) is 25.0. The first-order valence-electron chi connectivity index (χ1n) is 53.1. The Kier molecular flexibility index (Phi) is 99.7. The molecule has 0 bridgehead atoms. The molecule has 13 N–H and O–H groups in total. The van der Waals surface area contributed by atoms with Gasteiger partial charge >= 0.3 is 0 Å². The minimum Gasteiger partial charge on any atom is -0.395 e. The molecule has 0 heterocycles. The van der Waals surface area contributed by atoms with Crippen molar-refractivity contribution in [3.05, 3.63) is 0 Å². The third-order valence-electron chi connectivity index (χ3n) is 25.0. The lowest BCUT2D eigenvalue weighted by molar-refractivity contribution is 0.0236. The summed E-state index contributed by atoms with van der Waals surface area (Å²) in [7, 11) is 0. The summed E-state index contributed by atoms with van der Waals surface area (Å²) < 4.78 is 27.4. The molecule has 4 atom stereocenters. The van der Waals surface area contributed by atoms with Gasteiger partial charge in [0.05, 0.1) is 103 Å². The summed E-state index contributed by atoms with van der Waals surface area (Å²) in [6, 6.07) is 0. The van der Waals surface area contributed by atoms with Gasteiger partial charge in [0.15, 0.2) is 0 Å². The smallest absolute Gasteiger partial charge is 0.0897 e. The molecule has 0 amide bonds. The van der Waals surface area contributed by atoms with E-state index >= 15 is 0 Å². The molecular weight excluding hydrogens is 1550 g/mol. The first-order chi connectivity index (χ1) is 59.5. The average molecular weight is 1780 g/mol. The van der Waals surface area contributed by atoms with Crippen LogP contribution in [0.4, 0.5) is 0 Å². The van der Waals surface area contributed by atoms with Crippen LogP contribution in [-0.2, 0) is 23.7 Å². The Morgan fingerprint density at radius 3 is 0.661 bits per heavy atom. The molecule has 4 unspecified atom stereocenters. The van der Waals surface area contributed by atoms with Crippen LogP contribution in [0.2, 0.25) is 0 Å². The molecule has 18 nitrogen and oxygen atoms in total. The van der Waals surface area contributed by atoms with E-state index in [1.165, 1.54) is 360 Å². The van der Waals surface area contributed by atoms with Crippen LogP contribution in [0.15, 0.2) is 0 Å². The third kappa shape index (κ3) is 105. The Bertz CT molecular complexity index is 2020. The van der Waals surface area contributed by atoms with Crippen molar-refractivity contribution in [1.82, 2.24) is 21.3 Å². The van der Waals surface area contributed by atoms with Crippen molar-refractivity contribution in [3.8, 4) is 0 Å². The summed E-state index contributed by atoms with van der Waals surface area (Å²) >= 11 is 0. The highest BCUT2D eigenvalue weighted by molar-refractivity contribution is 4.83. The van der Waals surface area contributed by atoms with Crippen LogP contribution in [0, 0.1) is 21.7 Å². The average Bonchev–Trinajstić information content (AvgIpc) is 0.946. The first kappa shape index (κ1) is 130. The molecule has 752 valence electrons. The minimum atomic E-state index is -0.759. The van der Waals surface area contributed by atoms with E-state index < -0.39 is 30.0 Å². The molecule has 0 aliphatic carbocycles. The number of ether oxygens (including phenoxy) is 5. The quantitative estimate of drug-likeness (QED) is 0.0252. The van der Waals surface area contributed by atoms with Crippen molar-refractivity contribution in [2.45, 2.75) is 525 Å². The van der Waals surface area contributed by atoms with Crippen LogP contribution in [0.3, 0.4) is 0 Å². The van der Waals surface area contributed by atoms with Gasteiger partial charge in [0.2, 0.25) is 0 Å². The van der Waals surface area contributed by atoms with Crippen molar-refractivity contribution in [3.63, 3.8) is 0 Å². The van der Waals surface area contributed by atoms with E-state index in [9.17, 15) is 35.7 Å². The van der Waals surface area contributed by atoms with E-state index in [0.29, 0.717) is 101 Å². The van der Waals surface area contributed by atoms with Crippen molar-refractivity contribution in [1.29, 1.82) is 0 Å². The zero-order chi connectivity index (χ0) is 92.9. The predicted molar refractivity (Wildman–Crippen MR) is 533 cm³/mol. The maximum atomic E-state index is 9.92. The molecule has 0 aliphatic rings. The Labute approximate surface area is 771 Å². The van der Waals surface area contributed by atoms with Crippen molar-refractivity contribution in [2.75, 3.05) is 138 Å². The van der Waals surface area contributed by atoms with Crippen molar-refractivity contribution < 1.29 is 69.6 Å². The van der Waals surface area contributed by atoms with Crippen LogP contribution < -0.4 is 21.3 Å². The van der Waals surface area contributed by atoms with Crippen molar-refractivity contribution >= 4 is 0 Å². The Hall–Kier alpha value is -0.720. The summed E-state index contributed by atoms with van der Waals surface area (Å²) in [5.74, 6) is 0. The number of nitrogens with one attached hydrogen (secondary N) is 4. The van der Waals surface area contributed by atoms with E-state index in [1.807, 2.05) is 13.8 Å². The molecule has 0 rings (SSSR count). The SMILES string of the molecule is CCCCCCCCC(C)(C)CCCCCCCCCOCC(O)CNC(C)(C)CO.CCCCCCCCC(C)(C)CCCCCCCCCOCC(O)CNC(C)(CO)CO.CCCCCCCCC(C)(C)CCCCCCCCCOCC(O)CNCCO.CCCCCCCCC(C)(C)CCCCCCCCCOCC(O)CNCCOCCO. The Morgan fingerprint density at radius 1 is 0.218 bits per heavy atom. The standard InChI is InChI=1S/2C27H57NO4.C27H57NO3.C25H53NO3/c1-5-6-7-8-12-15-18-26(2,3)19-16-13-10-9-11-14-17-20-32-22-25(31)21-28-27(4,23-29)24-30;1-4-5-6-7-11-14-17-27(2,3)18-15-12-9-8-10-13-16-21-32-25-26(30)24-28-19-22-31-23-20-29;1-6-7-8-9-13-16-19-26(2,3)20-17-14-11-10-12-15-18-21-31-23-25(30)22-28-27(4,5)24-29;1-4-5-6-7-11-14-17-25(2,3)18-15-12-9-8-10-13-16-21-29-23-24(28)22-26-19-20-27/h25,28-31H,5-24H2,1-4H3;26,28-30H,4-25H2,1-3H3;25,28-30H,6-24H2,1-5H3;24,26-28H,4-23H2,1-3H3. The molecule has 0 radical (unpaired) electrons. The van der Waals surface area contributed by atoms with Gasteiger partial charge in [-0.25, -0.2) is 0 Å². The second-order valence-electron chi connectivity index (χ2n) is 41.7. The monoisotopic (exact) mass is 1780 g/mol. The number of rotatable bonds is 96. The van der Waals surface area contributed by atoms with Crippen LogP contribution in [0.1, 0.15) is 489 Å². The topological polar surface area (TPSA) is 276 Å². The molecule has 0 aromatic heterocycles. The molecule has 0 aromatic rings. The van der Waals surface area contributed by atoms with Gasteiger partial charge in [0.1, 0.15) is 0 Å². The van der Waals surface area contributed by atoms with E-state index in [4.69, 9.17) is 33.9 Å². The lowest BCUT2D eigenvalue weighted by Gasteiger charge is -2.27. The summed E-state index contributed by atoms with van der Waals surface area (Å²) in [5.41, 5.74) is 0.971. The Balaban J connectivity index is -0.000000775. The molecule has 0 saturated carbocycles. The second-order valence-corrected chi connectivity index (χ2v) is 41.7. The van der Waals surface area contributed by atoms with Gasteiger partial charge in [-0.05, 0) is 119 Å². The number of hydrogen-bond acceptors (Lipinski definition) is 18. The van der Waals surface area contributed by atoms with Gasteiger partial charge in [-0.15, -0.1) is 0 Å². The molecule has 0 aromatic carbocycles. The maximum absolute atomic E-state index is 9.92. The lowest BCUT2D eigenvalue weighted by atomic mass is 9.81. The fourth-order valence-electron chi connectivity index (χ4n) is 15.8. The summed E-state index contributed by atoms with van der Waals surface area (Å²) in [6.07, 6.45) is 78.6. The summed E-state index contributed by atoms with van der Waals surface area (Å²) in [4.78, 5) is 0. The largest absolute Gasteiger partial charge is 0.395 e. The summed E-state index contributed by atoms with van der Waals surface area (Å²) in [6.45, 7) is 42.3. The van der Waals surface area contributed by atoms with E-state index in [2.05, 4.69) is 104 Å². The van der Waals surface area contributed by atoms with Crippen molar-refractivity contribution in [2.24, 2.45) is 21.7 Å². The van der Waals surface area contributed by atoms with Crippen LogP contribution in [0.25, 0.3) is 0 Å². The van der Waals surface area contributed by atoms with Gasteiger partial charge in [-0.1, -0.05) is 391 Å². The molecule has 0 fully saturated rings. The fourth-order valence-corrected chi connectivity index (χ4v) is 15.8. The van der Waals surface area contributed by atoms with Crippen LogP contribution in [-0.4, -0.2) is 220 Å². The normalized spacial score (nSPS) is 13.4. The van der Waals surface area contributed by atoms with Gasteiger partial charge in [0.25, 0.3) is 0 Å². The fraction of sp³-hybridized carbons (Fsp3) is 1.00. The van der Waals surface area contributed by atoms with E-state index in [-0.39, 0.29) is 45.2 Å². The maximum Gasteiger partial charge on any atom is 0.0897 e. The minimum absolute atomic E-state index is 0.0498. The first-order valence-corrected chi connectivity index (χ1v) is 53.1. The number of β-amino-alcohol motifs (C(OH)–C–C–N with tert-alkyl or cyclic N) is 2. The van der Waals surface area contributed by atoms with Crippen LogP contribution in [0.5, 0.6) is 0 Å². The van der Waals surface area contributed by atoms with E-state index in [0.717, 1.165) is 45.5 Å². The highest BCUT2D eigenvalue weighted by Gasteiger charge is 2.24. The van der Waals surface area contributed by atoms with Gasteiger partial charge in [-0.2, -0.15) is 0 Å². The molecule has 0 saturated heterocycles. The molecule has 124 heavy (non-hydrogen) atoms. The molecular formula is C106H224N4O14. The lowest BCUT2D eigenvalue weighted by Crippen LogP contribution is -2.52. The summed E-state index contributed by atoms with van der Waals surface area (Å²) in [5, 5.41) is 96.5. The number of aliphatic hydroxyl groups is 9. The van der Waals surface area contributed by atoms with Gasteiger partial charge < -0.3 is 90.9 Å². The number of aliphatic hydroxyl groups excluding tert-OH is 9. The van der Waals surface area contributed by atoms with Crippen LogP contribution >= 0.6 is 0 Å². The zero-order valence-corrected chi connectivity index (χ0v) is 85.7. The molecule has 0 aliphatic heterocycles. The highest BCUT2D eigenvalue weighted by Crippen LogP contribution is 2.35. The second kappa shape index (κ2) is 95.4. The van der Waals surface area contributed by atoms with Gasteiger partial charge in [-0.3, -0.25) is 0 Å². The number of unbranched alkanes of at least 4 members (excludes halogenated alkanes) is 44. The predicted octanol–water partition coefficient (Wildman–Crippen LogP) is 23.9. The highest BCUT2D eigenvalue weighted by atomic mass is 16.5. The van der Waals surface area contributed by atoms with E-state index in [1.54, 1.807) is 6.92 Å².